The Bertz CT molecular complexity index is 689. The lowest BCUT2D eigenvalue weighted by Gasteiger charge is -2.15. The lowest BCUT2D eigenvalue weighted by molar-refractivity contribution is 0.0926. The molecule has 2 amide bonds. The number of carbonyl (C=O) groups excluding carboxylic acids is 2. The van der Waals surface area contributed by atoms with Crippen molar-refractivity contribution in [1.82, 2.24) is 0 Å². The summed E-state index contributed by atoms with van der Waals surface area (Å²) < 4.78 is 0.911. The Hall–Kier alpha value is -1.94. The quantitative estimate of drug-likeness (QED) is 0.785. The smallest absolute Gasteiger partial charge is 0.266 e. The van der Waals surface area contributed by atoms with Crippen LogP contribution in [-0.4, -0.2) is 11.8 Å². The molecule has 0 saturated carbocycles. The fourth-order valence-corrected chi connectivity index (χ4v) is 3.03. The van der Waals surface area contributed by atoms with Gasteiger partial charge in [0.15, 0.2) is 0 Å². The highest BCUT2D eigenvalue weighted by atomic mass is 79.9. The minimum absolute atomic E-state index is 0.262. The van der Waals surface area contributed by atoms with Crippen LogP contribution in [0.3, 0.4) is 0 Å². The maximum absolute atomic E-state index is 12.4. The van der Waals surface area contributed by atoms with Crippen molar-refractivity contribution in [3.63, 3.8) is 0 Å². The summed E-state index contributed by atoms with van der Waals surface area (Å²) in [7, 11) is 0. The molecule has 0 atom stereocenters. The summed E-state index contributed by atoms with van der Waals surface area (Å²) in [6.07, 6.45) is 0.892. The third-order valence-corrected chi connectivity index (χ3v) is 4.21. The van der Waals surface area contributed by atoms with Crippen LogP contribution in [0, 0.1) is 0 Å². The summed E-state index contributed by atoms with van der Waals surface area (Å²) in [6, 6.07) is 12.5. The Labute approximate surface area is 125 Å². The van der Waals surface area contributed by atoms with Crippen molar-refractivity contribution in [2.75, 3.05) is 4.90 Å². The van der Waals surface area contributed by atoms with Gasteiger partial charge in [0.05, 0.1) is 16.8 Å². The summed E-state index contributed by atoms with van der Waals surface area (Å²) >= 11 is 3.48. The van der Waals surface area contributed by atoms with Gasteiger partial charge in [-0.05, 0) is 36.2 Å². The molecule has 0 unspecified atom stereocenters. The predicted molar refractivity (Wildman–Crippen MR) is 81.1 cm³/mol. The Morgan fingerprint density at radius 1 is 1.00 bits per heavy atom. The first-order chi connectivity index (χ1) is 9.63. The minimum Gasteiger partial charge on any atom is -0.268 e. The van der Waals surface area contributed by atoms with E-state index in [1.54, 1.807) is 24.3 Å². The number of rotatable bonds is 2. The third kappa shape index (κ3) is 1.88. The highest BCUT2D eigenvalue weighted by Crippen LogP contribution is 2.31. The second-order valence-corrected chi connectivity index (χ2v) is 5.47. The van der Waals surface area contributed by atoms with Crippen molar-refractivity contribution in [1.29, 1.82) is 0 Å². The molecule has 3 rings (SSSR count). The molecule has 3 nitrogen and oxygen atoms in total. The van der Waals surface area contributed by atoms with Crippen molar-refractivity contribution in [2.45, 2.75) is 13.3 Å². The van der Waals surface area contributed by atoms with Crippen LogP contribution in [-0.2, 0) is 6.42 Å². The maximum Gasteiger partial charge on any atom is 0.266 e. The van der Waals surface area contributed by atoms with Gasteiger partial charge in [-0.15, -0.1) is 0 Å². The standard InChI is InChI=1S/C16H12BrNO2/c1-2-10-7-8-11(9-14(10)17)18-15(19)12-5-3-4-6-13(12)16(18)20/h3-9H,2H2,1H3. The molecule has 0 aliphatic carbocycles. The van der Waals surface area contributed by atoms with Gasteiger partial charge in [0, 0.05) is 4.47 Å². The van der Waals surface area contributed by atoms with Gasteiger partial charge in [0.1, 0.15) is 0 Å². The molecular weight excluding hydrogens is 318 g/mol. The van der Waals surface area contributed by atoms with Crippen LogP contribution in [0.4, 0.5) is 5.69 Å². The Balaban J connectivity index is 2.07. The Morgan fingerprint density at radius 3 is 2.10 bits per heavy atom. The number of benzene rings is 2. The molecule has 1 aliphatic heterocycles. The highest BCUT2D eigenvalue weighted by molar-refractivity contribution is 9.10. The number of aryl methyl sites for hydroxylation is 1. The van der Waals surface area contributed by atoms with E-state index in [1.165, 1.54) is 4.90 Å². The zero-order valence-electron chi connectivity index (χ0n) is 10.9. The van der Waals surface area contributed by atoms with E-state index < -0.39 is 0 Å². The van der Waals surface area contributed by atoms with Gasteiger partial charge in [-0.25, -0.2) is 4.90 Å². The molecule has 2 aromatic carbocycles. The summed E-state index contributed by atoms with van der Waals surface area (Å²) in [4.78, 5) is 26.0. The summed E-state index contributed by atoms with van der Waals surface area (Å²) in [5, 5.41) is 0. The molecule has 0 radical (unpaired) electrons. The van der Waals surface area contributed by atoms with E-state index in [0.717, 1.165) is 16.5 Å². The van der Waals surface area contributed by atoms with Gasteiger partial charge in [0.25, 0.3) is 11.8 Å². The number of halogens is 1. The molecule has 0 aromatic heterocycles. The SMILES string of the molecule is CCc1ccc(N2C(=O)c3ccccc3C2=O)cc1Br. The monoisotopic (exact) mass is 329 g/mol. The first-order valence-electron chi connectivity index (χ1n) is 6.39. The van der Waals surface area contributed by atoms with Gasteiger partial charge in [-0.3, -0.25) is 9.59 Å². The van der Waals surface area contributed by atoms with Crippen LogP contribution < -0.4 is 4.90 Å². The lowest BCUT2D eigenvalue weighted by Crippen LogP contribution is -2.29. The number of hydrogen-bond donors (Lipinski definition) is 0. The normalized spacial score (nSPS) is 13.8. The average Bonchev–Trinajstić information content (AvgIpc) is 2.71. The fourth-order valence-electron chi connectivity index (χ4n) is 2.39. The van der Waals surface area contributed by atoms with Crippen molar-refractivity contribution >= 4 is 33.4 Å². The van der Waals surface area contributed by atoms with Crippen molar-refractivity contribution in [3.05, 3.63) is 63.6 Å². The number of carbonyl (C=O) groups is 2. The second kappa shape index (κ2) is 4.87. The van der Waals surface area contributed by atoms with Gasteiger partial charge in [-0.2, -0.15) is 0 Å². The van der Waals surface area contributed by atoms with Crippen LogP contribution >= 0.6 is 15.9 Å². The first kappa shape index (κ1) is 13.1. The van der Waals surface area contributed by atoms with E-state index in [-0.39, 0.29) is 11.8 Å². The van der Waals surface area contributed by atoms with E-state index in [2.05, 4.69) is 22.9 Å². The molecule has 1 heterocycles. The summed E-state index contributed by atoms with van der Waals surface area (Å²) in [6.45, 7) is 2.06. The second-order valence-electron chi connectivity index (χ2n) is 4.62. The van der Waals surface area contributed by atoms with Crippen LogP contribution in [0.1, 0.15) is 33.2 Å². The van der Waals surface area contributed by atoms with Gasteiger partial charge >= 0.3 is 0 Å². The first-order valence-corrected chi connectivity index (χ1v) is 7.19. The molecular formula is C16H12BrNO2. The Kier molecular flexibility index (Phi) is 3.18. The van der Waals surface area contributed by atoms with Crippen LogP contribution in [0.2, 0.25) is 0 Å². The molecule has 4 heteroatoms. The summed E-state index contributed by atoms with van der Waals surface area (Å²) in [5.41, 5.74) is 2.67. The van der Waals surface area contributed by atoms with E-state index >= 15 is 0 Å². The molecule has 0 bridgehead atoms. The Morgan fingerprint density at radius 2 is 1.60 bits per heavy atom. The fraction of sp³-hybridized carbons (Fsp3) is 0.125. The van der Waals surface area contributed by atoms with Gasteiger partial charge in [-0.1, -0.05) is 41.1 Å². The lowest BCUT2D eigenvalue weighted by atomic mass is 10.1. The number of nitrogens with zero attached hydrogens (tertiary/aromatic N) is 1. The summed E-state index contributed by atoms with van der Waals surface area (Å²) in [5.74, 6) is -0.525. The van der Waals surface area contributed by atoms with E-state index in [0.29, 0.717) is 16.8 Å². The maximum atomic E-state index is 12.4. The van der Waals surface area contributed by atoms with Crippen molar-refractivity contribution in [3.8, 4) is 0 Å². The predicted octanol–water partition coefficient (Wildman–Crippen LogP) is 3.81. The van der Waals surface area contributed by atoms with Crippen LogP contribution in [0.5, 0.6) is 0 Å². The number of imide groups is 1. The molecule has 0 saturated heterocycles. The third-order valence-electron chi connectivity index (χ3n) is 3.47. The van der Waals surface area contributed by atoms with Crippen LogP contribution in [0.15, 0.2) is 46.9 Å². The molecule has 0 N–H and O–H groups in total. The molecule has 100 valence electrons. The minimum atomic E-state index is -0.262. The number of hydrogen-bond acceptors (Lipinski definition) is 2. The zero-order chi connectivity index (χ0) is 14.3. The number of fused-ring (bicyclic) bond motifs is 1. The molecule has 0 spiro atoms. The topological polar surface area (TPSA) is 37.4 Å². The van der Waals surface area contributed by atoms with Gasteiger partial charge < -0.3 is 0 Å². The zero-order valence-corrected chi connectivity index (χ0v) is 12.5. The highest BCUT2D eigenvalue weighted by Gasteiger charge is 2.36. The largest absolute Gasteiger partial charge is 0.268 e. The molecule has 0 fully saturated rings. The number of anilines is 1. The average molecular weight is 330 g/mol. The molecule has 2 aromatic rings. The van der Waals surface area contributed by atoms with Crippen molar-refractivity contribution in [2.24, 2.45) is 0 Å². The van der Waals surface area contributed by atoms with E-state index in [1.807, 2.05) is 18.2 Å². The van der Waals surface area contributed by atoms with Gasteiger partial charge in [0.2, 0.25) is 0 Å². The van der Waals surface area contributed by atoms with E-state index in [9.17, 15) is 9.59 Å². The molecule has 20 heavy (non-hydrogen) atoms. The van der Waals surface area contributed by atoms with Crippen LogP contribution in [0.25, 0.3) is 0 Å². The number of amides is 2. The van der Waals surface area contributed by atoms with E-state index in [4.69, 9.17) is 0 Å². The molecule has 1 aliphatic rings. The van der Waals surface area contributed by atoms with Crippen molar-refractivity contribution < 1.29 is 9.59 Å².